The summed E-state index contributed by atoms with van der Waals surface area (Å²) < 4.78 is 27.5. The maximum Gasteiger partial charge on any atom is 0.317 e. The van der Waals surface area contributed by atoms with Gasteiger partial charge >= 0.3 is 5.97 Å². The number of hydrogen-bond acceptors (Lipinski definition) is 5. The first-order chi connectivity index (χ1) is 11.9. The number of aliphatic carboxylic acids is 1. The molecule has 2 aliphatic rings. The molecule has 0 saturated heterocycles. The van der Waals surface area contributed by atoms with Gasteiger partial charge in [-0.05, 0) is 49.8 Å². The van der Waals surface area contributed by atoms with Gasteiger partial charge in [0.2, 0.25) is 10.0 Å². The van der Waals surface area contributed by atoms with Gasteiger partial charge < -0.3 is 5.11 Å². The standard InChI is InChI=1S/C17H21N3O4S/c18-9-13-2-1-3-16(6-13)25(23,24)19-14-7-15(8-14)20(11-17(21)22)10-12-4-5-12/h1-3,6,12,14-15,19H,4-5,7-8,10-11H2,(H,21,22). The molecule has 134 valence electrons. The molecule has 8 heteroatoms. The second-order valence-corrected chi connectivity index (χ2v) is 8.56. The maximum absolute atomic E-state index is 12.4. The van der Waals surface area contributed by atoms with E-state index in [1.165, 1.54) is 12.1 Å². The Bertz CT molecular complexity index is 792. The quantitative estimate of drug-likeness (QED) is 0.717. The fourth-order valence-corrected chi connectivity index (χ4v) is 4.46. The first kappa shape index (κ1) is 17.9. The molecule has 0 atom stereocenters. The maximum atomic E-state index is 12.4. The van der Waals surface area contributed by atoms with Crippen LogP contribution in [0.25, 0.3) is 0 Å². The van der Waals surface area contributed by atoms with Crippen LogP contribution in [0.5, 0.6) is 0 Å². The zero-order valence-corrected chi connectivity index (χ0v) is 14.6. The highest BCUT2D eigenvalue weighted by Gasteiger charge is 2.38. The minimum absolute atomic E-state index is 0.00481. The molecule has 0 bridgehead atoms. The molecular formula is C17H21N3O4S. The predicted molar refractivity (Wildman–Crippen MR) is 90.2 cm³/mol. The molecule has 1 aromatic carbocycles. The van der Waals surface area contributed by atoms with Gasteiger partial charge in [-0.2, -0.15) is 5.26 Å². The van der Waals surface area contributed by atoms with Crippen LogP contribution < -0.4 is 4.72 Å². The van der Waals surface area contributed by atoms with Crippen LogP contribution in [0, 0.1) is 17.2 Å². The van der Waals surface area contributed by atoms with E-state index in [1.807, 2.05) is 11.0 Å². The topological polar surface area (TPSA) is 110 Å². The van der Waals surface area contributed by atoms with Gasteiger partial charge in [-0.15, -0.1) is 0 Å². The number of nitriles is 1. The lowest BCUT2D eigenvalue weighted by atomic mass is 9.86. The average Bonchev–Trinajstić information content (AvgIpc) is 3.33. The minimum Gasteiger partial charge on any atom is -0.480 e. The SMILES string of the molecule is N#Cc1cccc(S(=O)(=O)NC2CC(N(CC(=O)O)CC3CC3)C2)c1. The van der Waals surface area contributed by atoms with Crippen molar-refractivity contribution >= 4 is 16.0 Å². The summed E-state index contributed by atoms with van der Waals surface area (Å²) in [7, 11) is -3.67. The summed E-state index contributed by atoms with van der Waals surface area (Å²) in [5, 5.41) is 17.9. The molecule has 0 spiro atoms. The summed E-state index contributed by atoms with van der Waals surface area (Å²) in [6, 6.07) is 7.75. The summed E-state index contributed by atoms with van der Waals surface area (Å²) in [6.07, 6.45) is 3.51. The van der Waals surface area contributed by atoms with Gasteiger partial charge in [-0.3, -0.25) is 9.69 Å². The number of carbonyl (C=O) groups is 1. The number of hydrogen-bond donors (Lipinski definition) is 2. The molecule has 0 heterocycles. The average molecular weight is 363 g/mol. The Kier molecular flexibility index (Phi) is 5.08. The van der Waals surface area contributed by atoms with Gasteiger partial charge in [0.25, 0.3) is 0 Å². The first-order valence-electron chi connectivity index (χ1n) is 8.35. The van der Waals surface area contributed by atoms with Crippen LogP contribution in [0.4, 0.5) is 0 Å². The zero-order valence-electron chi connectivity index (χ0n) is 13.8. The van der Waals surface area contributed by atoms with E-state index in [9.17, 15) is 13.2 Å². The van der Waals surface area contributed by atoms with Crippen molar-refractivity contribution in [3.63, 3.8) is 0 Å². The Labute approximate surface area is 147 Å². The number of nitrogens with one attached hydrogen (secondary N) is 1. The van der Waals surface area contributed by atoms with Crippen LogP contribution in [-0.4, -0.2) is 49.6 Å². The summed E-state index contributed by atoms with van der Waals surface area (Å²) >= 11 is 0. The van der Waals surface area contributed by atoms with E-state index in [2.05, 4.69) is 4.72 Å². The molecule has 1 aromatic rings. The van der Waals surface area contributed by atoms with Crippen molar-refractivity contribution in [1.29, 1.82) is 5.26 Å². The predicted octanol–water partition coefficient (Wildman–Crippen LogP) is 1.16. The van der Waals surface area contributed by atoms with Crippen molar-refractivity contribution in [2.75, 3.05) is 13.1 Å². The summed E-state index contributed by atoms with van der Waals surface area (Å²) in [6.45, 7) is 0.783. The van der Waals surface area contributed by atoms with Gasteiger partial charge in [-0.1, -0.05) is 6.07 Å². The van der Waals surface area contributed by atoms with Gasteiger partial charge in [0.15, 0.2) is 0 Å². The normalized spacial score (nSPS) is 23.0. The number of carboxylic acid groups (broad SMARTS) is 1. The van der Waals surface area contributed by atoms with Gasteiger partial charge in [-0.25, -0.2) is 13.1 Å². The highest BCUT2D eigenvalue weighted by Crippen LogP contribution is 2.34. The molecule has 0 amide bonds. The van der Waals surface area contributed by atoms with E-state index in [-0.39, 0.29) is 23.5 Å². The van der Waals surface area contributed by atoms with Gasteiger partial charge in [0, 0.05) is 18.6 Å². The van der Waals surface area contributed by atoms with E-state index in [4.69, 9.17) is 10.4 Å². The summed E-state index contributed by atoms with van der Waals surface area (Å²) in [4.78, 5) is 13.1. The fraction of sp³-hybridized carbons (Fsp3) is 0.529. The fourth-order valence-electron chi connectivity index (χ4n) is 3.15. The molecule has 2 fully saturated rings. The number of carboxylic acids is 1. The third-order valence-corrected chi connectivity index (χ3v) is 6.27. The van der Waals surface area contributed by atoms with Crippen LogP contribution in [-0.2, 0) is 14.8 Å². The van der Waals surface area contributed by atoms with Crippen LogP contribution in [0.1, 0.15) is 31.2 Å². The Balaban J connectivity index is 1.58. The van der Waals surface area contributed by atoms with Crippen LogP contribution in [0.3, 0.4) is 0 Å². The lowest BCUT2D eigenvalue weighted by molar-refractivity contribution is -0.139. The molecular weight excluding hydrogens is 342 g/mol. The minimum atomic E-state index is -3.67. The van der Waals surface area contributed by atoms with Crippen molar-refractivity contribution < 1.29 is 18.3 Å². The largest absolute Gasteiger partial charge is 0.480 e. The van der Waals surface area contributed by atoms with Crippen molar-refractivity contribution in [3.05, 3.63) is 29.8 Å². The van der Waals surface area contributed by atoms with E-state index in [0.717, 1.165) is 19.4 Å². The molecule has 25 heavy (non-hydrogen) atoms. The number of nitrogens with zero attached hydrogens (tertiary/aromatic N) is 2. The lowest BCUT2D eigenvalue weighted by Crippen LogP contribution is -2.55. The molecule has 2 aliphatic carbocycles. The number of rotatable bonds is 8. The molecule has 2 N–H and O–H groups in total. The van der Waals surface area contributed by atoms with Crippen LogP contribution in [0.2, 0.25) is 0 Å². The number of sulfonamides is 1. The molecule has 0 aliphatic heterocycles. The summed E-state index contributed by atoms with van der Waals surface area (Å²) in [5.74, 6) is -0.262. The lowest BCUT2D eigenvalue weighted by Gasteiger charge is -2.42. The third kappa shape index (κ3) is 4.57. The molecule has 3 rings (SSSR count). The highest BCUT2D eigenvalue weighted by atomic mass is 32.2. The van der Waals surface area contributed by atoms with Gasteiger partial charge in [0.1, 0.15) is 0 Å². The number of benzene rings is 1. The van der Waals surface area contributed by atoms with Crippen LogP contribution in [0.15, 0.2) is 29.2 Å². The molecule has 0 aromatic heterocycles. The monoisotopic (exact) mass is 363 g/mol. The van der Waals surface area contributed by atoms with E-state index >= 15 is 0 Å². The first-order valence-corrected chi connectivity index (χ1v) is 9.84. The second kappa shape index (κ2) is 7.12. The van der Waals surface area contributed by atoms with Crippen molar-refractivity contribution in [1.82, 2.24) is 9.62 Å². The van der Waals surface area contributed by atoms with Crippen LogP contribution >= 0.6 is 0 Å². The van der Waals surface area contributed by atoms with E-state index in [1.54, 1.807) is 12.1 Å². The zero-order chi connectivity index (χ0) is 18.0. The Morgan fingerprint density at radius 1 is 1.36 bits per heavy atom. The van der Waals surface area contributed by atoms with E-state index in [0.29, 0.717) is 24.3 Å². The molecule has 0 radical (unpaired) electrons. The van der Waals surface area contributed by atoms with Crippen molar-refractivity contribution in [2.24, 2.45) is 5.92 Å². The smallest absolute Gasteiger partial charge is 0.317 e. The van der Waals surface area contributed by atoms with Gasteiger partial charge in [0.05, 0.1) is 23.1 Å². The third-order valence-electron chi connectivity index (χ3n) is 4.75. The Hall–Kier alpha value is -1.95. The Morgan fingerprint density at radius 2 is 2.08 bits per heavy atom. The van der Waals surface area contributed by atoms with E-state index < -0.39 is 16.0 Å². The second-order valence-electron chi connectivity index (χ2n) is 6.85. The molecule has 2 saturated carbocycles. The summed E-state index contributed by atoms with van der Waals surface area (Å²) in [5.41, 5.74) is 0.298. The highest BCUT2D eigenvalue weighted by molar-refractivity contribution is 7.89. The van der Waals surface area contributed by atoms with Crippen molar-refractivity contribution in [2.45, 2.75) is 42.7 Å². The van der Waals surface area contributed by atoms with Crippen molar-refractivity contribution in [3.8, 4) is 6.07 Å². The molecule has 7 nitrogen and oxygen atoms in total. The molecule has 0 unspecified atom stereocenters. The Morgan fingerprint density at radius 3 is 2.68 bits per heavy atom.